The Morgan fingerprint density at radius 2 is 2.12 bits per heavy atom. The van der Waals surface area contributed by atoms with Gasteiger partial charge in [-0.25, -0.2) is 4.98 Å². The molecule has 0 saturated carbocycles. The number of aromatic nitrogens is 2. The van der Waals surface area contributed by atoms with Crippen LogP contribution in [0, 0.1) is 0 Å². The molecule has 2 rings (SSSR count). The van der Waals surface area contributed by atoms with Crippen LogP contribution >= 0.6 is 0 Å². The maximum Gasteiger partial charge on any atom is 0.125 e. The number of rotatable bonds is 4. The minimum atomic E-state index is 0.583. The first-order chi connectivity index (χ1) is 8.27. The molecule has 1 aromatic carbocycles. The number of hydrogen-bond donors (Lipinski definition) is 1. The largest absolute Gasteiger partial charge is 0.384 e. The van der Waals surface area contributed by atoms with Gasteiger partial charge in [0.15, 0.2) is 0 Å². The average molecular weight is 228 g/mol. The molecule has 1 heterocycles. The molecule has 2 N–H and O–H groups in total. The number of amidine groups is 1. The van der Waals surface area contributed by atoms with E-state index in [9.17, 15) is 0 Å². The van der Waals surface area contributed by atoms with E-state index in [1.807, 2.05) is 48.1 Å². The first-order valence-corrected chi connectivity index (χ1v) is 5.59. The third-order valence-electron chi connectivity index (χ3n) is 2.61. The van der Waals surface area contributed by atoms with Crippen molar-refractivity contribution in [3.05, 3.63) is 54.1 Å². The molecule has 0 aliphatic heterocycles. The number of hydrogen-bond acceptors (Lipinski definition) is 2. The fourth-order valence-corrected chi connectivity index (χ4v) is 1.61. The van der Waals surface area contributed by atoms with Gasteiger partial charge < -0.3 is 10.3 Å². The summed E-state index contributed by atoms with van der Waals surface area (Å²) in [5.41, 5.74) is 6.86. The van der Waals surface area contributed by atoms with E-state index in [1.54, 1.807) is 6.20 Å². The molecule has 0 aliphatic carbocycles. The van der Waals surface area contributed by atoms with Crippen LogP contribution in [0.5, 0.6) is 0 Å². The van der Waals surface area contributed by atoms with E-state index in [-0.39, 0.29) is 0 Å². The van der Waals surface area contributed by atoms with Crippen LogP contribution < -0.4 is 5.73 Å². The molecular weight excluding hydrogens is 212 g/mol. The molecule has 2 aromatic rings. The smallest absolute Gasteiger partial charge is 0.125 e. The molecule has 0 bridgehead atoms. The van der Waals surface area contributed by atoms with Crippen molar-refractivity contribution in [3.8, 4) is 0 Å². The zero-order valence-corrected chi connectivity index (χ0v) is 9.87. The van der Waals surface area contributed by atoms with Crippen molar-refractivity contribution in [3.63, 3.8) is 0 Å². The summed E-state index contributed by atoms with van der Waals surface area (Å²) in [4.78, 5) is 8.59. The molecule has 0 atom stereocenters. The monoisotopic (exact) mass is 228 g/mol. The van der Waals surface area contributed by atoms with Gasteiger partial charge in [0.1, 0.15) is 11.7 Å². The normalized spacial score (nSPS) is 11.7. The molecule has 88 valence electrons. The second-order valence-corrected chi connectivity index (χ2v) is 3.84. The predicted molar refractivity (Wildman–Crippen MR) is 68.9 cm³/mol. The van der Waals surface area contributed by atoms with Crippen LogP contribution in [0.25, 0.3) is 0 Å². The maximum atomic E-state index is 5.90. The van der Waals surface area contributed by atoms with E-state index in [0.29, 0.717) is 12.4 Å². The third kappa shape index (κ3) is 2.93. The summed E-state index contributed by atoms with van der Waals surface area (Å²) in [6, 6.07) is 9.79. The lowest BCUT2D eigenvalue weighted by molar-refractivity contribution is 0.778. The van der Waals surface area contributed by atoms with Gasteiger partial charge in [-0.1, -0.05) is 30.3 Å². The van der Waals surface area contributed by atoms with Crippen molar-refractivity contribution in [1.29, 1.82) is 0 Å². The lowest BCUT2D eigenvalue weighted by atomic mass is 10.2. The van der Waals surface area contributed by atoms with Crippen molar-refractivity contribution in [2.24, 2.45) is 17.8 Å². The molecule has 0 amide bonds. The van der Waals surface area contributed by atoms with Gasteiger partial charge in [-0.15, -0.1) is 0 Å². The fraction of sp³-hybridized carbons (Fsp3) is 0.231. The van der Waals surface area contributed by atoms with Crippen molar-refractivity contribution in [2.75, 3.05) is 6.54 Å². The zero-order valence-electron chi connectivity index (χ0n) is 9.87. The quantitative estimate of drug-likeness (QED) is 0.634. The summed E-state index contributed by atoms with van der Waals surface area (Å²) in [5, 5.41) is 0. The van der Waals surface area contributed by atoms with Crippen LogP contribution in [0.1, 0.15) is 11.4 Å². The minimum absolute atomic E-state index is 0.583. The van der Waals surface area contributed by atoms with Gasteiger partial charge >= 0.3 is 0 Å². The SMILES string of the molecule is Cn1ccnc1CCN=C(N)c1ccccc1. The highest BCUT2D eigenvalue weighted by Crippen LogP contribution is 1.99. The van der Waals surface area contributed by atoms with E-state index in [4.69, 9.17) is 5.73 Å². The van der Waals surface area contributed by atoms with Gasteiger partial charge in [-0.05, 0) is 0 Å². The molecule has 0 spiro atoms. The van der Waals surface area contributed by atoms with Crippen molar-refractivity contribution < 1.29 is 0 Å². The Morgan fingerprint density at radius 1 is 1.35 bits per heavy atom. The molecule has 0 radical (unpaired) electrons. The molecule has 0 fully saturated rings. The Morgan fingerprint density at radius 3 is 2.76 bits per heavy atom. The Balaban J connectivity index is 1.95. The van der Waals surface area contributed by atoms with Crippen molar-refractivity contribution >= 4 is 5.84 Å². The molecule has 0 aliphatic rings. The van der Waals surface area contributed by atoms with E-state index < -0.39 is 0 Å². The zero-order chi connectivity index (χ0) is 12.1. The second kappa shape index (κ2) is 5.30. The van der Waals surface area contributed by atoms with E-state index in [2.05, 4.69) is 9.98 Å². The lowest BCUT2D eigenvalue weighted by Crippen LogP contribution is -2.14. The predicted octanol–water partition coefficient (Wildman–Crippen LogP) is 1.37. The van der Waals surface area contributed by atoms with Gasteiger partial charge in [-0.3, -0.25) is 4.99 Å². The first kappa shape index (κ1) is 11.4. The topological polar surface area (TPSA) is 56.2 Å². The first-order valence-electron chi connectivity index (χ1n) is 5.59. The highest BCUT2D eigenvalue weighted by molar-refractivity contribution is 5.97. The van der Waals surface area contributed by atoms with Crippen LogP contribution in [-0.2, 0) is 13.5 Å². The third-order valence-corrected chi connectivity index (χ3v) is 2.61. The Hall–Kier alpha value is -2.10. The van der Waals surface area contributed by atoms with Gasteiger partial charge in [0.05, 0.1) is 0 Å². The van der Waals surface area contributed by atoms with Crippen LogP contribution in [-0.4, -0.2) is 21.9 Å². The Labute approximate surface area is 101 Å². The highest BCUT2D eigenvalue weighted by Gasteiger charge is 1.99. The fourth-order valence-electron chi connectivity index (χ4n) is 1.61. The minimum Gasteiger partial charge on any atom is -0.384 e. The Bertz CT molecular complexity index is 499. The number of nitrogens with zero attached hydrogens (tertiary/aromatic N) is 3. The van der Waals surface area contributed by atoms with E-state index in [0.717, 1.165) is 17.8 Å². The van der Waals surface area contributed by atoms with Gasteiger partial charge in [0.2, 0.25) is 0 Å². The molecule has 0 saturated heterocycles. The lowest BCUT2D eigenvalue weighted by Gasteiger charge is -2.01. The van der Waals surface area contributed by atoms with Gasteiger partial charge in [-0.2, -0.15) is 0 Å². The number of aryl methyl sites for hydroxylation is 1. The molecule has 17 heavy (non-hydrogen) atoms. The van der Waals surface area contributed by atoms with E-state index >= 15 is 0 Å². The molecular formula is C13H16N4. The average Bonchev–Trinajstić information content (AvgIpc) is 2.76. The maximum absolute atomic E-state index is 5.90. The summed E-state index contributed by atoms with van der Waals surface area (Å²) in [6.07, 6.45) is 4.52. The van der Waals surface area contributed by atoms with Gasteiger partial charge in [0, 0.05) is 38.0 Å². The van der Waals surface area contributed by atoms with Crippen molar-refractivity contribution in [2.45, 2.75) is 6.42 Å². The summed E-state index contributed by atoms with van der Waals surface area (Å²) >= 11 is 0. The van der Waals surface area contributed by atoms with Crippen LogP contribution in [0.2, 0.25) is 0 Å². The van der Waals surface area contributed by atoms with E-state index in [1.165, 1.54) is 0 Å². The summed E-state index contributed by atoms with van der Waals surface area (Å²) in [7, 11) is 1.98. The number of imidazole rings is 1. The van der Waals surface area contributed by atoms with Crippen molar-refractivity contribution in [1.82, 2.24) is 9.55 Å². The van der Waals surface area contributed by atoms with Crippen LogP contribution in [0.15, 0.2) is 47.7 Å². The number of aliphatic imine (C=N–C) groups is 1. The summed E-state index contributed by atoms with van der Waals surface area (Å²) < 4.78 is 1.99. The molecule has 4 heteroatoms. The summed E-state index contributed by atoms with van der Waals surface area (Å²) in [5.74, 6) is 1.61. The molecule has 1 aromatic heterocycles. The second-order valence-electron chi connectivity index (χ2n) is 3.84. The van der Waals surface area contributed by atoms with Gasteiger partial charge in [0.25, 0.3) is 0 Å². The number of benzene rings is 1. The van der Waals surface area contributed by atoms with Crippen LogP contribution in [0.3, 0.4) is 0 Å². The number of nitrogens with two attached hydrogens (primary N) is 1. The Kier molecular flexibility index (Phi) is 3.55. The standard InChI is InChI=1S/C13H16N4/c1-17-10-9-15-12(17)7-8-16-13(14)11-5-3-2-4-6-11/h2-6,9-10H,7-8H2,1H3,(H2,14,16). The summed E-state index contributed by atoms with van der Waals surface area (Å²) in [6.45, 7) is 0.658. The van der Waals surface area contributed by atoms with Crippen LogP contribution in [0.4, 0.5) is 0 Å². The highest BCUT2D eigenvalue weighted by atomic mass is 15.0. The molecule has 4 nitrogen and oxygen atoms in total. The molecule has 0 unspecified atom stereocenters.